The SMILES string of the molecule is O=c1cc(-c2ccnnc2)ccn1C1CC1. The molecular formula is C12H11N3O. The highest BCUT2D eigenvalue weighted by Gasteiger charge is 2.23. The lowest BCUT2D eigenvalue weighted by Gasteiger charge is -2.04. The lowest BCUT2D eigenvalue weighted by molar-refractivity contribution is 0.708. The number of nitrogens with zero attached hydrogens (tertiary/aromatic N) is 3. The molecule has 0 radical (unpaired) electrons. The van der Waals surface area contributed by atoms with Crippen LogP contribution >= 0.6 is 0 Å². The van der Waals surface area contributed by atoms with Crippen molar-refractivity contribution in [2.75, 3.05) is 0 Å². The third-order valence-electron chi connectivity index (χ3n) is 2.81. The van der Waals surface area contributed by atoms with E-state index in [1.807, 2.05) is 18.3 Å². The molecule has 0 amide bonds. The summed E-state index contributed by atoms with van der Waals surface area (Å²) in [7, 11) is 0. The van der Waals surface area contributed by atoms with E-state index in [9.17, 15) is 4.79 Å². The van der Waals surface area contributed by atoms with Gasteiger partial charge in [0, 0.05) is 23.9 Å². The van der Waals surface area contributed by atoms with Crippen LogP contribution in [0, 0.1) is 0 Å². The molecule has 3 rings (SSSR count). The Morgan fingerprint density at radius 2 is 2.06 bits per heavy atom. The van der Waals surface area contributed by atoms with Crippen LogP contribution in [0.15, 0.2) is 41.6 Å². The van der Waals surface area contributed by atoms with Gasteiger partial charge in [0.25, 0.3) is 5.56 Å². The predicted octanol–water partition coefficient (Wildman–Crippen LogP) is 1.64. The van der Waals surface area contributed by atoms with E-state index in [2.05, 4.69) is 10.2 Å². The maximum atomic E-state index is 11.8. The second-order valence-electron chi connectivity index (χ2n) is 4.02. The van der Waals surface area contributed by atoms with Gasteiger partial charge in [0.15, 0.2) is 0 Å². The minimum absolute atomic E-state index is 0.0665. The van der Waals surface area contributed by atoms with Crippen LogP contribution in [-0.2, 0) is 0 Å². The van der Waals surface area contributed by atoms with Crippen molar-refractivity contribution < 1.29 is 0 Å². The van der Waals surface area contributed by atoms with Crippen LogP contribution in [0.5, 0.6) is 0 Å². The van der Waals surface area contributed by atoms with Gasteiger partial charge < -0.3 is 4.57 Å². The van der Waals surface area contributed by atoms with Crippen molar-refractivity contribution in [1.82, 2.24) is 14.8 Å². The largest absolute Gasteiger partial charge is 0.312 e. The minimum Gasteiger partial charge on any atom is -0.312 e. The van der Waals surface area contributed by atoms with Crippen LogP contribution in [0.25, 0.3) is 11.1 Å². The molecular weight excluding hydrogens is 202 g/mol. The Bertz CT molecular complexity index is 558. The van der Waals surface area contributed by atoms with E-state index in [1.54, 1.807) is 23.0 Å². The Hall–Kier alpha value is -1.97. The molecule has 0 spiro atoms. The molecule has 4 heteroatoms. The first-order chi connectivity index (χ1) is 7.84. The van der Waals surface area contributed by atoms with Crippen molar-refractivity contribution in [2.45, 2.75) is 18.9 Å². The first-order valence-corrected chi connectivity index (χ1v) is 5.34. The lowest BCUT2D eigenvalue weighted by Crippen LogP contribution is -2.17. The van der Waals surface area contributed by atoms with E-state index in [0.717, 1.165) is 24.0 Å². The molecule has 2 heterocycles. The summed E-state index contributed by atoms with van der Waals surface area (Å²) in [4.78, 5) is 11.8. The fourth-order valence-electron chi connectivity index (χ4n) is 1.79. The van der Waals surface area contributed by atoms with Gasteiger partial charge in [-0.1, -0.05) is 0 Å². The summed E-state index contributed by atoms with van der Waals surface area (Å²) in [6.07, 6.45) is 7.40. The van der Waals surface area contributed by atoms with E-state index in [1.165, 1.54) is 0 Å². The van der Waals surface area contributed by atoms with Gasteiger partial charge in [-0.3, -0.25) is 4.79 Å². The van der Waals surface area contributed by atoms with E-state index in [0.29, 0.717) is 6.04 Å². The molecule has 4 nitrogen and oxygen atoms in total. The van der Waals surface area contributed by atoms with Crippen molar-refractivity contribution in [2.24, 2.45) is 0 Å². The van der Waals surface area contributed by atoms with Crippen LogP contribution in [0.4, 0.5) is 0 Å². The zero-order chi connectivity index (χ0) is 11.0. The monoisotopic (exact) mass is 213 g/mol. The topological polar surface area (TPSA) is 47.8 Å². The predicted molar refractivity (Wildman–Crippen MR) is 60.0 cm³/mol. The Morgan fingerprint density at radius 3 is 2.69 bits per heavy atom. The lowest BCUT2D eigenvalue weighted by atomic mass is 10.1. The third-order valence-corrected chi connectivity index (χ3v) is 2.81. The van der Waals surface area contributed by atoms with Crippen LogP contribution in [-0.4, -0.2) is 14.8 Å². The molecule has 1 fully saturated rings. The summed E-state index contributed by atoms with van der Waals surface area (Å²) in [5.41, 5.74) is 1.89. The number of aromatic nitrogens is 3. The highest BCUT2D eigenvalue weighted by Crippen LogP contribution is 2.33. The molecule has 0 bridgehead atoms. The average Bonchev–Trinajstić information content (AvgIpc) is 3.14. The van der Waals surface area contributed by atoms with Crippen molar-refractivity contribution in [3.05, 3.63) is 47.1 Å². The van der Waals surface area contributed by atoms with Gasteiger partial charge in [-0.15, -0.1) is 0 Å². The summed E-state index contributed by atoms with van der Waals surface area (Å²) in [6, 6.07) is 5.90. The number of pyridine rings is 1. The molecule has 16 heavy (non-hydrogen) atoms. The van der Waals surface area contributed by atoms with Gasteiger partial charge in [-0.05, 0) is 30.5 Å². The normalized spacial score (nSPS) is 15.0. The number of hydrogen-bond acceptors (Lipinski definition) is 3. The second kappa shape index (κ2) is 3.56. The van der Waals surface area contributed by atoms with Crippen molar-refractivity contribution in [1.29, 1.82) is 0 Å². The molecule has 0 atom stereocenters. The van der Waals surface area contributed by atoms with E-state index in [4.69, 9.17) is 0 Å². The van der Waals surface area contributed by atoms with Crippen molar-refractivity contribution >= 4 is 0 Å². The van der Waals surface area contributed by atoms with Crippen LogP contribution in [0.1, 0.15) is 18.9 Å². The zero-order valence-electron chi connectivity index (χ0n) is 8.71. The third kappa shape index (κ3) is 1.62. The van der Waals surface area contributed by atoms with Gasteiger partial charge in [-0.25, -0.2) is 0 Å². The van der Waals surface area contributed by atoms with Crippen molar-refractivity contribution in [3.63, 3.8) is 0 Å². The second-order valence-corrected chi connectivity index (χ2v) is 4.02. The Morgan fingerprint density at radius 1 is 1.19 bits per heavy atom. The van der Waals surface area contributed by atoms with Gasteiger partial charge in [0.2, 0.25) is 0 Å². The minimum atomic E-state index is 0.0665. The first kappa shape index (κ1) is 9.27. The van der Waals surface area contributed by atoms with Crippen LogP contribution in [0.3, 0.4) is 0 Å². The summed E-state index contributed by atoms with van der Waals surface area (Å²) in [5.74, 6) is 0. The van der Waals surface area contributed by atoms with E-state index in [-0.39, 0.29) is 5.56 Å². The van der Waals surface area contributed by atoms with Gasteiger partial charge >= 0.3 is 0 Å². The molecule has 0 aliphatic heterocycles. The first-order valence-electron chi connectivity index (χ1n) is 5.34. The highest BCUT2D eigenvalue weighted by atomic mass is 16.1. The highest BCUT2D eigenvalue weighted by molar-refractivity contribution is 5.60. The van der Waals surface area contributed by atoms with Crippen LogP contribution < -0.4 is 5.56 Å². The Kier molecular flexibility index (Phi) is 2.06. The van der Waals surface area contributed by atoms with Crippen molar-refractivity contribution in [3.8, 4) is 11.1 Å². The Balaban J connectivity index is 2.04. The van der Waals surface area contributed by atoms with Gasteiger partial charge in [0.05, 0.1) is 12.4 Å². The average molecular weight is 213 g/mol. The maximum Gasteiger partial charge on any atom is 0.251 e. The molecule has 1 aliphatic carbocycles. The summed E-state index contributed by atoms with van der Waals surface area (Å²) in [6.45, 7) is 0. The van der Waals surface area contributed by atoms with Gasteiger partial charge in [0.1, 0.15) is 0 Å². The number of hydrogen-bond donors (Lipinski definition) is 0. The molecule has 2 aromatic rings. The fourth-order valence-corrected chi connectivity index (χ4v) is 1.79. The van der Waals surface area contributed by atoms with Crippen LogP contribution in [0.2, 0.25) is 0 Å². The molecule has 1 aliphatic rings. The summed E-state index contributed by atoms with van der Waals surface area (Å²) >= 11 is 0. The Labute approximate surface area is 92.6 Å². The van der Waals surface area contributed by atoms with E-state index < -0.39 is 0 Å². The maximum absolute atomic E-state index is 11.8. The van der Waals surface area contributed by atoms with E-state index >= 15 is 0 Å². The molecule has 0 aromatic carbocycles. The quantitative estimate of drug-likeness (QED) is 0.762. The molecule has 80 valence electrons. The van der Waals surface area contributed by atoms with Gasteiger partial charge in [-0.2, -0.15) is 10.2 Å². The molecule has 2 aromatic heterocycles. The molecule has 1 saturated carbocycles. The molecule has 0 saturated heterocycles. The standard InChI is InChI=1S/C12H11N3O/c16-12-7-9(10-3-5-13-14-8-10)4-6-15(12)11-1-2-11/h3-8,11H,1-2H2. The smallest absolute Gasteiger partial charge is 0.251 e. The molecule has 0 unspecified atom stereocenters. The summed E-state index contributed by atoms with van der Waals surface area (Å²) < 4.78 is 1.80. The zero-order valence-corrected chi connectivity index (χ0v) is 8.71. The molecule has 0 N–H and O–H groups in total. The fraction of sp³-hybridized carbons (Fsp3) is 0.250. The number of rotatable bonds is 2. The summed E-state index contributed by atoms with van der Waals surface area (Å²) in [5, 5.41) is 7.52.